The first-order valence-electron chi connectivity index (χ1n) is 4.71. The number of ether oxygens (including phenoxy) is 2. The average Bonchev–Trinajstić information content (AvgIpc) is 2.29. The summed E-state index contributed by atoms with van der Waals surface area (Å²) < 4.78 is 10.5. The Kier molecular flexibility index (Phi) is 2.96. The summed E-state index contributed by atoms with van der Waals surface area (Å²) in [5.41, 5.74) is 0.863. The Labute approximate surface area is 101 Å². The Bertz CT molecular complexity index is 467. The fraction of sp³-hybridized carbons (Fsp3) is 0.273. The summed E-state index contributed by atoms with van der Waals surface area (Å²) in [5, 5.41) is 0. The fourth-order valence-electron chi connectivity index (χ4n) is 1.55. The molecule has 0 N–H and O–H groups in total. The van der Waals surface area contributed by atoms with Gasteiger partial charge in [-0.25, -0.2) is 4.79 Å². The van der Waals surface area contributed by atoms with Crippen molar-refractivity contribution in [2.75, 3.05) is 13.7 Å². The first-order chi connectivity index (χ1) is 7.63. The molecule has 2 rings (SSSR count). The molecule has 0 radical (unpaired) electrons. The van der Waals surface area contributed by atoms with E-state index in [1.807, 2.05) is 0 Å². The first kappa shape index (κ1) is 11.1. The average molecular weight is 285 g/mol. The smallest absolute Gasteiger partial charge is 0.339 e. The number of esters is 1. The normalized spacial score (nSPS) is 14.0. The summed E-state index contributed by atoms with van der Waals surface area (Å²) in [6, 6.07) is 3.13. The van der Waals surface area contributed by atoms with E-state index in [0.29, 0.717) is 34.4 Å². The predicted molar refractivity (Wildman–Crippen MR) is 59.9 cm³/mol. The van der Waals surface area contributed by atoms with Crippen molar-refractivity contribution in [3.63, 3.8) is 0 Å². The van der Waals surface area contributed by atoms with Crippen molar-refractivity contribution in [2.45, 2.75) is 6.42 Å². The third-order valence-electron chi connectivity index (χ3n) is 2.36. The zero-order valence-corrected chi connectivity index (χ0v) is 10.2. The summed E-state index contributed by atoms with van der Waals surface area (Å²) in [6.07, 6.45) is 0.372. The summed E-state index contributed by atoms with van der Waals surface area (Å²) in [4.78, 5) is 23.0. The second-order valence-electron chi connectivity index (χ2n) is 3.34. The molecule has 4 nitrogen and oxygen atoms in total. The van der Waals surface area contributed by atoms with Gasteiger partial charge in [0.25, 0.3) is 0 Å². The van der Waals surface area contributed by atoms with Gasteiger partial charge in [0, 0.05) is 10.9 Å². The third-order valence-corrected chi connectivity index (χ3v) is 3.02. The second-order valence-corrected chi connectivity index (χ2v) is 4.20. The molecule has 1 aliphatic rings. The van der Waals surface area contributed by atoms with Crippen molar-refractivity contribution in [3.05, 3.63) is 27.7 Å². The van der Waals surface area contributed by atoms with Gasteiger partial charge in [-0.1, -0.05) is 0 Å². The molecular weight excluding hydrogens is 276 g/mol. The lowest BCUT2D eigenvalue weighted by Crippen LogP contribution is -2.16. The van der Waals surface area contributed by atoms with Gasteiger partial charge in [-0.3, -0.25) is 4.79 Å². The van der Waals surface area contributed by atoms with Crippen molar-refractivity contribution in [3.8, 4) is 5.75 Å². The number of Topliss-reactive ketones (excluding diaryl/α,β-unsaturated/α-hetero) is 1. The number of carbonyl (C=O) groups is 2. The maximum atomic E-state index is 11.6. The van der Waals surface area contributed by atoms with Crippen LogP contribution in [0, 0.1) is 0 Å². The molecular formula is C11H9BrO4. The van der Waals surface area contributed by atoms with Crippen LogP contribution >= 0.6 is 15.9 Å². The van der Waals surface area contributed by atoms with E-state index in [1.54, 1.807) is 6.07 Å². The molecule has 1 heterocycles. The van der Waals surface area contributed by atoms with Crippen LogP contribution in [0.25, 0.3) is 0 Å². The molecule has 0 aromatic heterocycles. The summed E-state index contributed by atoms with van der Waals surface area (Å²) in [5.74, 6) is 0.00881. The molecule has 0 atom stereocenters. The molecule has 1 aliphatic heterocycles. The highest BCUT2D eigenvalue weighted by molar-refractivity contribution is 9.10. The minimum Gasteiger partial charge on any atom is -0.492 e. The van der Waals surface area contributed by atoms with Crippen LogP contribution in [0.15, 0.2) is 16.6 Å². The molecule has 0 fully saturated rings. The highest BCUT2D eigenvalue weighted by Gasteiger charge is 2.22. The SMILES string of the molecule is COC(=O)c1cc2c(cc1Br)C(=O)CCO2. The molecule has 0 spiro atoms. The van der Waals surface area contributed by atoms with Crippen LogP contribution in [0.4, 0.5) is 0 Å². The van der Waals surface area contributed by atoms with Crippen LogP contribution in [-0.2, 0) is 4.74 Å². The molecule has 0 unspecified atom stereocenters. The van der Waals surface area contributed by atoms with Crippen molar-refractivity contribution in [1.82, 2.24) is 0 Å². The minimum atomic E-state index is -0.462. The lowest BCUT2D eigenvalue weighted by atomic mass is 10.0. The van der Waals surface area contributed by atoms with Gasteiger partial charge in [0.05, 0.1) is 24.8 Å². The topological polar surface area (TPSA) is 52.6 Å². The molecule has 0 bridgehead atoms. The van der Waals surface area contributed by atoms with Gasteiger partial charge in [-0.2, -0.15) is 0 Å². The van der Waals surface area contributed by atoms with Gasteiger partial charge in [0.15, 0.2) is 5.78 Å². The van der Waals surface area contributed by atoms with Crippen LogP contribution < -0.4 is 4.74 Å². The van der Waals surface area contributed by atoms with Crippen molar-refractivity contribution in [2.24, 2.45) is 0 Å². The maximum absolute atomic E-state index is 11.6. The van der Waals surface area contributed by atoms with Crippen LogP contribution in [0.1, 0.15) is 27.1 Å². The first-order valence-corrected chi connectivity index (χ1v) is 5.50. The summed E-state index contributed by atoms with van der Waals surface area (Å²) in [6.45, 7) is 0.355. The molecule has 1 aromatic rings. The number of hydrogen-bond donors (Lipinski definition) is 0. The van der Waals surface area contributed by atoms with E-state index in [-0.39, 0.29) is 5.78 Å². The van der Waals surface area contributed by atoms with E-state index >= 15 is 0 Å². The van der Waals surface area contributed by atoms with Crippen LogP contribution in [-0.4, -0.2) is 25.5 Å². The van der Waals surface area contributed by atoms with Gasteiger partial charge in [-0.15, -0.1) is 0 Å². The van der Waals surface area contributed by atoms with Crippen molar-refractivity contribution < 1.29 is 19.1 Å². The maximum Gasteiger partial charge on any atom is 0.339 e. The Hall–Kier alpha value is -1.36. The highest BCUT2D eigenvalue weighted by Crippen LogP contribution is 2.31. The zero-order chi connectivity index (χ0) is 11.7. The number of benzene rings is 1. The van der Waals surface area contributed by atoms with Crippen molar-refractivity contribution >= 4 is 27.7 Å². The van der Waals surface area contributed by atoms with Crippen molar-refractivity contribution in [1.29, 1.82) is 0 Å². The van der Waals surface area contributed by atoms with Gasteiger partial charge >= 0.3 is 5.97 Å². The zero-order valence-electron chi connectivity index (χ0n) is 8.58. The number of rotatable bonds is 1. The number of fused-ring (bicyclic) bond motifs is 1. The second kappa shape index (κ2) is 4.25. The van der Waals surface area contributed by atoms with E-state index in [9.17, 15) is 9.59 Å². The minimum absolute atomic E-state index is 0.0263. The predicted octanol–water partition coefficient (Wildman–Crippen LogP) is 2.20. The summed E-state index contributed by atoms with van der Waals surface area (Å²) >= 11 is 3.24. The number of methoxy groups -OCH3 is 1. The lowest BCUT2D eigenvalue weighted by Gasteiger charge is -2.17. The molecule has 1 aromatic carbocycles. The molecule has 0 aliphatic carbocycles. The Morgan fingerprint density at radius 2 is 2.25 bits per heavy atom. The Morgan fingerprint density at radius 3 is 2.94 bits per heavy atom. The quantitative estimate of drug-likeness (QED) is 0.742. The van der Waals surface area contributed by atoms with Crippen LogP contribution in [0.2, 0.25) is 0 Å². The highest BCUT2D eigenvalue weighted by atomic mass is 79.9. The lowest BCUT2D eigenvalue weighted by molar-refractivity contribution is 0.0598. The van der Waals surface area contributed by atoms with E-state index in [2.05, 4.69) is 20.7 Å². The van der Waals surface area contributed by atoms with Gasteiger partial charge in [0.1, 0.15) is 5.75 Å². The van der Waals surface area contributed by atoms with Crippen LogP contribution in [0.5, 0.6) is 5.75 Å². The fourth-order valence-corrected chi connectivity index (χ4v) is 2.05. The van der Waals surface area contributed by atoms with E-state index < -0.39 is 5.97 Å². The number of ketones is 1. The molecule has 0 saturated carbocycles. The van der Waals surface area contributed by atoms with Gasteiger partial charge in [-0.05, 0) is 28.1 Å². The Balaban J connectivity index is 2.52. The molecule has 84 valence electrons. The van der Waals surface area contributed by atoms with E-state index in [0.717, 1.165) is 0 Å². The molecule has 0 saturated heterocycles. The van der Waals surface area contributed by atoms with Gasteiger partial charge < -0.3 is 9.47 Å². The molecule has 16 heavy (non-hydrogen) atoms. The standard InChI is InChI=1S/C11H9BrO4/c1-15-11(14)6-5-10-7(4-8(6)12)9(13)2-3-16-10/h4-5H,2-3H2,1H3. The van der Waals surface area contributed by atoms with Gasteiger partial charge in [0.2, 0.25) is 0 Å². The molecule has 5 heteroatoms. The number of halogens is 1. The number of carbonyl (C=O) groups excluding carboxylic acids is 2. The van der Waals surface area contributed by atoms with E-state index in [1.165, 1.54) is 13.2 Å². The monoisotopic (exact) mass is 284 g/mol. The largest absolute Gasteiger partial charge is 0.492 e. The summed E-state index contributed by atoms with van der Waals surface area (Å²) in [7, 11) is 1.31. The number of hydrogen-bond acceptors (Lipinski definition) is 4. The van der Waals surface area contributed by atoms with E-state index in [4.69, 9.17) is 4.74 Å². The third kappa shape index (κ3) is 1.82. The Morgan fingerprint density at radius 1 is 1.50 bits per heavy atom. The molecule has 0 amide bonds. The van der Waals surface area contributed by atoms with Crippen LogP contribution in [0.3, 0.4) is 0 Å².